The van der Waals surface area contributed by atoms with Crippen LogP contribution in [0, 0.1) is 0 Å². The molecule has 1 aromatic carbocycles. The molecule has 26 heavy (non-hydrogen) atoms. The van der Waals surface area contributed by atoms with Crippen molar-refractivity contribution in [3.05, 3.63) is 29.8 Å². The van der Waals surface area contributed by atoms with Gasteiger partial charge in [0, 0.05) is 43.8 Å². The summed E-state index contributed by atoms with van der Waals surface area (Å²) in [6.07, 6.45) is 1.52. The number of rotatable bonds is 7. The third-order valence-electron chi connectivity index (χ3n) is 4.77. The van der Waals surface area contributed by atoms with Crippen LogP contribution in [0.25, 0.3) is 0 Å². The van der Waals surface area contributed by atoms with Crippen LogP contribution in [0.5, 0.6) is 5.75 Å². The van der Waals surface area contributed by atoms with E-state index >= 15 is 0 Å². The molecule has 2 rings (SSSR count). The largest absolute Gasteiger partial charge is 0.496 e. The quantitative estimate of drug-likeness (QED) is 0.691. The molecule has 0 spiro atoms. The van der Waals surface area contributed by atoms with Crippen LogP contribution >= 0.6 is 0 Å². The van der Waals surface area contributed by atoms with Crippen LogP contribution in [0.4, 0.5) is 0 Å². The first-order valence-electron chi connectivity index (χ1n) is 8.90. The fourth-order valence-electron chi connectivity index (χ4n) is 3.19. The second kappa shape index (κ2) is 9.54. The highest BCUT2D eigenvalue weighted by Gasteiger charge is 2.37. The minimum absolute atomic E-state index is 0.301. The van der Waals surface area contributed by atoms with Crippen LogP contribution in [0.1, 0.15) is 18.4 Å². The molecule has 1 aliphatic rings. The van der Waals surface area contributed by atoms with Gasteiger partial charge >= 0.3 is 11.8 Å². The van der Waals surface area contributed by atoms with Crippen molar-refractivity contribution in [1.82, 2.24) is 15.5 Å². The van der Waals surface area contributed by atoms with Gasteiger partial charge in [-0.15, -0.1) is 0 Å². The molecule has 7 heteroatoms. The maximum absolute atomic E-state index is 12.2. The molecule has 1 heterocycles. The summed E-state index contributed by atoms with van der Waals surface area (Å²) in [6, 6.07) is 7.83. The molecular weight excluding hydrogens is 334 g/mol. The first-order valence-corrected chi connectivity index (χ1v) is 8.90. The van der Waals surface area contributed by atoms with Crippen molar-refractivity contribution in [3.8, 4) is 5.75 Å². The number of hydrogen-bond acceptors (Lipinski definition) is 5. The summed E-state index contributed by atoms with van der Waals surface area (Å²) in [7, 11) is 5.46. The number of ether oxygens (including phenoxy) is 2. The lowest BCUT2D eigenvalue weighted by Crippen LogP contribution is -2.49. The van der Waals surface area contributed by atoms with Gasteiger partial charge in [-0.1, -0.05) is 18.2 Å². The first kappa shape index (κ1) is 20.2. The zero-order valence-corrected chi connectivity index (χ0v) is 15.8. The molecule has 0 aliphatic carbocycles. The van der Waals surface area contributed by atoms with E-state index in [0.717, 1.165) is 24.2 Å². The Labute approximate surface area is 155 Å². The van der Waals surface area contributed by atoms with Gasteiger partial charge in [0.1, 0.15) is 5.75 Å². The van der Waals surface area contributed by atoms with Crippen molar-refractivity contribution in [2.45, 2.75) is 18.3 Å². The minimum Gasteiger partial charge on any atom is -0.496 e. The van der Waals surface area contributed by atoms with Gasteiger partial charge < -0.3 is 25.0 Å². The highest BCUT2D eigenvalue weighted by molar-refractivity contribution is 6.35. The Kier molecular flexibility index (Phi) is 7.41. The van der Waals surface area contributed by atoms with E-state index in [-0.39, 0.29) is 5.41 Å². The van der Waals surface area contributed by atoms with Gasteiger partial charge in [0.25, 0.3) is 0 Å². The standard InChI is InChI=1S/C19H29N3O4/c1-22(2)11-10-20-17(23)18(24)21-14-19(8-12-26-13-9-19)15-6-4-5-7-16(15)25-3/h4-7H,8-14H2,1-3H3,(H,20,23)(H,21,24). The molecule has 1 fully saturated rings. The monoisotopic (exact) mass is 363 g/mol. The normalized spacial score (nSPS) is 16.2. The molecule has 0 bridgehead atoms. The number of carbonyl (C=O) groups excluding carboxylic acids is 2. The highest BCUT2D eigenvalue weighted by Crippen LogP contribution is 2.39. The van der Waals surface area contributed by atoms with Crippen molar-refractivity contribution >= 4 is 11.8 Å². The molecule has 0 atom stereocenters. The minimum atomic E-state index is -0.607. The molecular formula is C19H29N3O4. The van der Waals surface area contributed by atoms with Gasteiger partial charge in [-0.05, 0) is 33.0 Å². The van der Waals surface area contributed by atoms with Gasteiger partial charge in [-0.3, -0.25) is 9.59 Å². The Balaban J connectivity index is 2.04. The average molecular weight is 363 g/mol. The summed E-state index contributed by atoms with van der Waals surface area (Å²) in [5, 5.41) is 5.44. The maximum atomic E-state index is 12.2. The van der Waals surface area contributed by atoms with E-state index in [1.165, 1.54) is 0 Å². The van der Waals surface area contributed by atoms with Crippen molar-refractivity contribution in [1.29, 1.82) is 0 Å². The van der Waals surface area contributed by atoms with Crippen molar-refractivity contribution < 1.29 is 19.1 Å². The molecule has 1 saturated heterocycles. The van der Waals surface area contributed by atoms with Gasteiger partial charge in [0.2, 0.25) is 0 Å². The maximum Gasteiger partial charge on any atom is 0.309 e. The van der Waals surface area contributed by atoms with Gasteiger partial charge in [0.15, 0.2) is 0 Å². The SMILES string of the molecule is COc1ccccc1C1(CNC(=O)C(=O)NCCN(C)C)CCOCC1. The van der Waals surface area contributed by atoms with Crippen LogP contribution < -0.4 is 15.4 Å². The van der Waals surface area contributed by atoms with Crippen molar-refractivity contribution in [2.75, 3.05) is 54.1 Å². The van der Waals surface area contributed by atoms with Crippen LogP contribution in [0.3, 0.4) is 0 Å². The van der Waals surface area contributed by atoms with Crippen molar-refractivity contribution in [2.24, 2.45) is 0 Å². The van der Waals surface area contributed by atoms with E-state index in [1.54, 1.807) is 7.11 Å². The predicted octanol–water partition coefficient (Wildman–Crippen LogP) is 0.537. The fraction of sp³-hybridized carbons (Fsp3) is 0.579. The number of nitrogens with one attached hydrogen (secondary N) is 2. The van der Waals surface area contributed by atoms with Crippen LogP contribution in [0.15, 0.2) is 24.3 Å². The van der Waals surface area contributed by atoms with Gasteiger partial charge in [-0.25, -0.2) is 0 Å². The summed E-state index contributed by atoms with van der Waals surface area (Å²) < 4.78 is 11.0. The molecule has 2 N–H and O–H groups in total. The lowest BCUT2D eigenvalue weighted by Gasteiger charge is -2.38. The Morgan fingerprint density at radius 1 is 1.15 bits per heavy atom. The summed E-state index contributed by atoms with van der Waals surface area (Å²) >= 11 is 0. The number of likely N-dealkylation sites (N-methyl/N-ethyl adjacent to an activating group) is 1. The van der Waals surface area contributed by atoms with Crippen molar-refractivity contribution in [3.63, 3.8) is 0 Å². The first-order chi connectivity index (χ1) is 12.5. The third-order valence-corrected chi connectivity index (χ3v) is 4.77. The molecule has 1 aliphatic heterocycles. The Bertz CT molecular complexity index is 613. The van der Waals surface area contributed by atoms with Crippen LogP contribution in [-0.2, 0) is 19.7 Å². The Hall–Kier alpha value is -2.12. The number of hydrogen-bond donors (Lipinski definition) is 2. The molecule has 7 nitrogen and oxygen atoms in total. The van der Waals surface area contributed by atoms with Crippen LogP contribution in [0.2, 0.25) is 0 Å². The number of nitrogens with zero attached hydrogens (tertiary/aromatic N) is 1. The summed E-state index contributed by atoms with van der Waals surface area (Å²) in [5.41, 5.74) is 0.740. The topological polar surface area (TPSA) is 79.9 Å². The van der Waals surface area contributed by atoms with E-state index in [1.807, 2.05) is 43.3 Å². The molecule has 0 aromatic heterocycles. The van der Waals surface area contributed by atoms with Gasteiger partial charge in [-0.2, -0.15) is 0 Å². The second-order valence-electron chi connectivity index (χ2n) is 6.83. The number of amides is 2. The number of methoxy groups -OCH3 is 1. The van der Waals surface area contributed by atoms with E-state index in [2.05, 4.69) is 10.6 Å². The lowest BCUT2D eigenvalue weighted by molar-refractivity contribution is -0.139. The fourth-order valence-corrected chi connectivity index (χ4v) is 3.19. The summed E-state index contributed by atoms with van der Waals surface area (Å²) in [5.74, 6) is -0.419. The number of para-hydroxylation sites is 1. The van der Waals surface area contributed by atoms with Crippen LogP contribution in [-0.4, -0.2) is 70.8 Å². The third kappa shape index (κ3) is 5.19. The summed E-state index contributed by atoms with van der Waals surface area (Å²) in [4.78, 5) is 26.1. The predicted molar refractivity (Wildman–Crippen MR) is 99.3 cm³/mol. The number of carbonyl (C=O) groups is 2. The lowest BCUT2D eigenvalue weighted by atomic mass is 9.73. The summed E-state index contributed by atoms with van der Waals surface area (Å²) in [6.45, 7) is 2.72. The molecule has 144 valence electrons. The van der Waals surface area contributed by atoms with E-state index in [9.17, 15) is 9.59 Å². The van der Waals surface area contributed by atoms with E-state index < -0.39 is 11.8 Å². The van der Waals surface area contributed by atoms with Gasteiger partial charge in [0.05, 0.1) is 7.11 Å². The Morgan fingerprint density at radius 3 is 2.46 bits per heavy atom. The molecule has 0 saturated carbocycles. The van der Waals surface area contributed by atoms with E-state index in [4.69, 9.17) is 9.47 Å². The molecule has 2 amide bonds. The molecule has 0 unspecified atom stereocenters. The molecule has 1 aromatic rings. The smallest absolute Gasteiger partial charge is 0.309 e. The van der Waals surface area contributed by atoms with E-state index in [0.29, 0.717) is 32.8 Å². The average Bonchev–Trinajstić information content (AvgIpc) is 2.66. The zero-order valence-electron chi connectivity index (χ0n) is 15.8. The Morgan fingerprint density at radius 2 is 1.81 bits per heavy atom. The zero-order chi connectivity index (χ0) is 19.0. The highest BCUT2D eigenvalue weighted by atomic mass is 16.5. The second-order valence-corrected chi connectivity index (χ2v) is 6.83. The number of benzene rings is 1. The molecule has 0 radical (unpaired) electrons.